The molecular formula is C16H17ClFN3O. The number of halogens is 2. The van der Waals surface area contributed by atoms with Crippen molar-refractivity contribution >= 4 is 17.4 Å². The standard InChI is InChI=1S/C16H17ClFN3O/c17-13-9-15(18)16(20-10-13)21-7-3-12(4-8-21)11-22-14-1-5-19-6-2-14/h1-2,5-6,9-10,12H,3-4,7-8,11H2. The number of piperidine rings is 1. The summed E-state index contributed by atoms with van der Waals surface area (Å²) >= 11 is 5.74. The van der Waals surface area contributed by atoms with E-state index in [1.807, 2.05) is 17.0 Å². The Bertz CT molecular complexity index is 618. The SMILES string of the molecule is Fc1cc(Cl)cnc1N1CCC(COc2ccncc2)CC1. The minimum atomic E-state index is -0.362. The number of ether oxygens (including phenoxy) is 1. The fourth-order valence-corrected chi connectivity index (χ4v) is 2.74. The molecule has 0 aliphatic carbocycles. The van der Waals surface area contributed by atoms with Crippen LogP contribution in [0.2, 0.25) is 5.02 Å². The highest BCUT2D eigenvalue weighted by Crippen LogP contribution is 2.25. The molecule has 2 aromatic heterocycles. The molecule has 1 saturated heterocycles. The summed E-state index contributed by atoms with van der Waals surface area (Å²) in [5, 5.41) is 0.321. The highest BCUT2D eigenvalue weighted by atomic mass is 35.5. The van der Waals surface area contributed by atoms with Crippen molar-refractivity contribution in [3.63, 3.8) is 0 Å². The lowest BCUT2D eigenvalue weighted by Crippen LogP contribution is -2.36. The van der Waals surface area contributed by atoms with Crippen LogP contribution < -0.4 is 9.64 Å². The van der Waals surface area contributed by atoms with E-state index in [0.29, 0.717) is 23.4 Å². The molecule has 0 amide bonds. The van der Waals surface area contributed by atoms with Gasteiger partial charge in [0.05, 0.1) is 11.6 Å². The summed E-state index contributed by atoms with van der Waals surface area (Å²) in [5.41, 5.74) is 0. The highest BCUT2D eigenvalue weighted by Gasteiger charge is 2.22. The summed E-state index contributed by atoms with van der Waals surface area (Å²) in [5.74, 6) is 1.33. The number of hydrogen-bond donors (Lipinski definition) is 0. The van der Waals surface area contributed by atoms with Gasteiger partial charge < -0.3 is 9.64 Å². The summed E-state index contributed by atoms with van der Waals surface area (Å²) in [4.78, 5) is 10.0. The van der Waals surface area contributed by atoms with Gasteiger partial charge in [-0.15, -0.1) is 0 Å². The number of anilines is 1. The van der Waals surface area contributed by atoms with Gasteiger partial charge in [0.25, 0.3) is 0 Å². The van der Waals surface area contributed by atoms with Gasteiger partial charge in [0.2, 0.25) is 0 Å². The first kappa shape index (κ1) is 15.0. The molecule has 0 radical (unpaired) electrons. The van der Waals surface area contributed by atoms with Crippen LogP contribution in [0.1, 0.15) is 12.8 Å². The molecule has 0 aromatic carbocycles. The summed E-state index contributed by atoms with van der Waals surface area (Å²) in [6.45, 7) is 2.22. The van der Waals surface area contributed by atoms with E-state index in [9.17, 15) is 4.39 Å². The molecule has 22 heavy (non-hydrogen) atoms. The van der Waals surface area contributed by atoms with E-state index in [1.165, 1.54) is 12.3 Å². The lowest BCUT2D eigenvalue weighted by Gasteiger charge is -2.32. The van der Waals surface area contributed by atoms with Crippen molar-refractivity contribution in [2.45, 2.75) is 12.8 Å². The Kier molecular flexibility index (Phi) is 4.73. The van der Waals surface area contributed by atoms with Crippen molar-refractivity contribution in [1.29, 1.82) is 0 Å². The minimum Gasteiger partial charge on any atom is -0.493 e. The molecule has 0 atom stereocenters. The molecule has 0 saturated carbocycles. The quantitative estimate of drug-likeness (QED) is 0.863. The Labute approximate surface area is 133 Å². The second-order valence-electron chi connectivity index (χ2n) is 5.38. The number of pyridine rings is 2. The van der Waals surface area contributed by atoms with Crippen LogP contribution in [-0.2, 0) is 0 Å². The number of hydrogen-bond acceptors (Lipinski definition) is 4. The Balaban J connectivity index is 1.52. The van der Waals surface area contributed by atoms with Crippen LogP contribution in [0, 0.1) is 11.7 Å². The van der Waals surface area contributed by atoms with Crippen LogP contribution in [0.15, 0.2) is 36.8 Å². The smallest absolute Gasteiger partial charge is 0.167 e. The average Bonchev–Trinajstić information content (AvgIpc) is 2.55. The summed E-state index contributed by atoms with van der Waals surface area (Å²) < 4.78 is 19.6. The zero-order valence-corrected chi connectivity index (χ0v) is 12.8. The van der Waals surface area contributed by atoms with Crippen molar-refractivity contribution in [3.8, 4) is 5.75 Å². The van der Waals surface area contributed by atoms with Crippen molar-refractivity contribution < 1.29 is 9.13 Å². The molecule has 116 valence electrons. The lowest BCUT2D eigenvalue weighted by molar-refractivity contribution is 0.222. The minimum absolute atomic E-state index is 0.321. The highest BCUT2D eigenvalue weighted by molar-refractivity contribution is 6.30. The molecule has 6 heteroatoms. The van der Waals surface area contributed by atoms with E-state index in [-0.39, 0.29) is 5.82 Å². The maximum absolute atomic E-state index is 13.9. The second-order valence-corrected chi connectivity index (χ2v) is 5.82. The molecule has 1 aliphatic heterocycles. The first-order valence-corrected chi connectivity index (χ1v) is 7.69. The Hall–Kier alpha value is -1.88. The van der Waals surface area contributed by atoms with Crippen LogP contribution in [-0.4, -0.2) is 29.7 Å². The molecule has 2 aromatic rings. The fraction of sp³-hybridized carbons (Fsp3) is 0.375. The van der Waals surface area contributed by atoms with E-state index >= 15 is 0 Å². The molecule has 0 bridgehead atoms. The molecule has 0 spiro atoms. The van der Waals surface area contributed by atoms with Crippen molar-refractivity contribution in [2.75, 3.05) is 24.6 Å². The third-order valence-electron chi connectivity index (χ3n) is 3.84. The van der Waals surface area contributed by atoms with Gasteiger partial charge in [-0.1, -0.05) is 11.6 Å². The molecule has 1 fully saturated rings. The van der Waals surface area contributed by atoms with Gasteiger partial charge in [-0.05, 0) is 37.0 Å². The Morgan fingerprint density at radius 1 is 1.27 bits per heavy atom. The van der Waals surface area contributed by atoms with Crippen LogP contribution in [0.25, 0.3) is 0 Å². The zero-order valence-electron chi connectivity index (χ0n) is 12.1. The maximum atomic E-state index is 13.9. The average molecular weight is 322 g/mol. The van der Waals surface area contributed by atoms with E-state index in [0.717, 1.165) is 31.7 Å². The number of rotatable bonds is 4. The second kappa shape index (κ2) is 6.92. The van der Waals surface area contributed by atoms with E-state index in [2.05, 4.69) is 9.97 Å². The predicted molar refractivity (Wildman–Crippen MR) is 83.9 cm³/mol. The van der Waals surface area contributed by atoms with Gasteiger partial charge in [0.15, 0.2) is 11.6 Å². The number of aromatic nitrogens is 2. The van der Waals surface area contributed by atoms with Crippen LogP contribution in [0.3, 0.4) is 0 Å². The lowest BCUT2D eigenvalue weighted by atomic mass is 9.98. The summed E-state index contributed by atoms with van der Waals surface area (Å²) in [6, 6.07) is 5.01. The first-order valence-electron chi connectivity index (χ1n) is 7.31. The molecule has 4 nitrogen and oxygen atoms in total. The van der Waals surface area contributed by atoms with E-state index in [4.69, 9.17) is 16.3 Å². The zero-order chi connectivity index (χ0) is 15.4. The summed E-state index contributed by atoms with van der Waals surface area (Å²) in [7, 11) is 0. The monoisotopic (exact) mass is 321 g/mol. The molecule has 1 aliphatic rings. The predicted octanol–water partition coefficient (Wildman–Crippen LogP) is 3.56. The van der Waals surface area contributed by atoms with E-state index in [1.54, 1.807) is 12.4 Å². The van der Waals surface area contributed by atoms with Crippen molar-refractivity contribution in [1.82, 2.24) is 9.97 Å². The van der Waals surface area contributed by atoms with Gasteiger partial charge in [-0.3, -0.25) is 4.98 Å². The van der Waals surface area contributed by atoms with Gasteiger partial charge in [0, 0.05) is 31.7 Å². The third kappa shape index (κ3) is 3.65. The third-order valence-corrected chi connectivity index (χ3v) is 4.04. The molecule has 0 N–H and O–H groups in total. The van der Waals surface area contributed by atoms with Crippen molar-refractivity contribution in [3.05, 3.63) is 47.6 Å². The topological polar surface area (TPSA) is 38.2 Å². The van der Waals surface area contributed by atoms with Gasteiger partial charge in [0.1, 0.15) is 5.75 Å². The molecule has 3 rings (SSSR count). The normalized spacial score (nSPS) is 15.8. The molecule has 0 unspecified atom stereocenters. The van der Waals surface area contributed by atoms with E-state index < -0.39 is 0 Å². The summed E-state index contributed by atoms with van der Waals surface area (Å²) in [6.07, 6.45) is 6.82. The maximum Gasteiger partial charge on any atom is 0.167 e. The molecular weight excluding hydrogens is 305 g/mol. The molecule has 3 heterocycles. The van der Waals surface area contributed by atoms with Gasteiger partial charge in [-0.25, -0.2) is 9.37 Å². The van der Waals surface area contributed by atoms with Crippen LogP contribution in [0.5, 0.6) is 5.75 Å². The Morgan fingerprint density at radius 2 is 2.00 bits per heavy atom. The largest absolute Gasteiger partial charge is 0.493 e. The van der Waals surface area contributed by atoms with Gasteiger partial charge >= 0.3 is 0 Å². The van der Waals surface area contributed by atoms with Gasteiger partial charge in [-0.2, -0.15) is 0 Å². The Morgan fingerprint density at radius 3 is 2.68 bits per heavy atom. The van der Waals surface area contributed by atoms with Crippen LogP contribution in [0.4, 0.5) is 10.2 Å². The van der Waals surface area contributed by atoms with Crippen molar-refractivity contribution in [2.24, 2.45) is 5.92 Å². The fourth-order valence-electron chi connectivity index (χ4n) is 2.60. The number of nitrogens with zero attached hydrogens (tertiary/aromatic N) is 3. The van der Waals surface area contributed by atoms with Crippen LogP contribution >= 0.6 is 11.6 Å². The first-order chi connectivity index (χ1) is 10.7.